The van der Waals surface area contributed by atoms with Crippen molar-refractivity contribution in [3.63, 3.8) is 0 Å². The molecule has 0 saturated heterocycles. The fraction of sp³-hybridized carbons (Fsp3) is 0. The number of thiophene rings is 1. The SMILES string of the molecule is c1ccc(-c2nc(-c3ccccc3)nc(-c3ccc(N4c5ccccc5Oc5cc(-c6ccc7sc8ccccc8c7c6)ccc54)cc3)n2)cc1. The second kappa shape index (κ2) is 12.1. The average molecular weight is 673 g/mol. The average Bonchev–Trinajstić information content (AvgIpc) is 3.58. The summed E-state index contributed by atoms with van der Waals surface area (Å²) in [6, 6.07) is 58.6. The summed E-state index contributed by atoms with van der Waals surface area (Å²) in [6.07, 6.45) is 0. The molecule has 0 amide bonds. The predicted octanol–water partition coefficient (Wildman–Crippen LogP) is 12.5. The van der Waals surface area contributed by atoms with Crippen molar-refractivity contribution >= 4 is 48.6 Å². The molecule has 2 aromatic heterocycles. The van der Waals surface area contributed by atoms with Gasteiger partial charge in [-0.25, -0.2) is 15.0 Å². The highest BCUT2D eigenvalue weighted by Crippen LogP contribution is 2.51. The molecule has 5 nitrogen and oxygen atoms in total. The van der Waals surface area contributed by atoms with Gasteiger partial charge in [0.2, 0.25) is 0 Å². The number of benzene rings is 7. The Kier molecular flexibility index (Phi) is 6.93. The normalized spacial score (nSPS) is 12.0. The number of para-hydroxylation sites is 2. The molecule has 0 bridgehead atoms. The number of rotatable bonds is 5. The van der Waals surface area contributed by atoms with Gasteiger partial charge in [0.15, 0.2) is 29.0 Å². The number of hydrogen-bond acceptors (Lipinski definition) is 6. The van der Waals surface area contributed by atoms with Crippen LogP contribution < -0.4 is 9.64 Å². The van der Waals surface area contributed by atoms with Crippen molar-refractivity contribution in [1.82, 2.24) is 15.0 Å². The molecule has 6 heteroatoms. The van der Waals surface area contributed by atoms with Crippen LogP contribution in [0, 0.1) is 0 Å². The minimum Gasteiger partial charge on any atom is -0.453 e. The Morgan fingerprint density at radius 1 is 0.392 bits per heavy atom. The third-order valence-corrected chi connectivity index (χ3v) is 10.5. The van der Waals surface area contributed by atoms with Gasteiger partial charge in [-0.05, 0) is 77.9 Å². The molecule has 3 heterocycles. The molecular weight excluding hydrogens is 645 g/mol. The standard InChI is InChI=1S/C45H28N4OS/c1-3-11-29(12-4-1)43-46-44(30-13-5-2-6-14-30)48-45(47-43)31-19-23-34(24-20-31)49-37-16-8-9-17-39(37)50-40-28-33(21-25-38(40)49)32-22-26-42-36(27-32)35-15-7-10-18-41(35)51-42/h1-28H. The van der Waals surface area contributed by atoms with Gasteiger partial charge in [0.25, 0.3) is 0 Å². The van der Waals surface area contributed by atoms with Crippen molar-refractivity contribution in [1.29, 1.82) is 0 Å². The van der Waals surface area contributed by atoms with Crippen LogP contribution in [0.4, 0.5) is 17.1 Å². The fourth-order valence-electron chi connectivity index (χ4n) is 6.82. The molecule has 0 aliphatic carbocycles. The van der Waals surface area contributed by atoms with Gasteiger partial charge < -0.3 is 9.64 Å². The minimum atomic E-state index is 0.622. The lowest BCUT2D eigenvalue weighted by Gasteiger charge is -2.33. The summed E-state index contributed by atoms with van der Waals surface area (Å²) in [6.45, 7) is 0. The highest BCUT2D eigenvalue weighted by Gasteiger charge is 2.26. The van der Waals surface area contributed by atoms with E-state index in [4.69, 9.17) is 19.7 Å². The summed E-state index contributed by atoms with van der Waals surface area (Å²) in [5.41, 5.74) is 8.03. The maximum Gasteiger partial charge on any atom is 0.164 e. The minimum absolute atomic E-state index is 0.622. The lowest BCUT2D eigenvalue weighted by Crippen LogP contribution is -2.15. The van der Waals surface area contributed by atoms with Gasteiger partial charge in [0.1, 0.15) is 0 Å². The molecule has 1 aliphatic heterocycles. The van der Waals surface area contributed by atoms with E-state index in [1.807, 2.05) is 90.2 Å². The smallest absolute Gasteiger partial charge is 0.164 e. The van der Waals surface area contributed by atoms with E-state index in [1.54, 1.807) is 0 Å². The zero-order valence-electron chi connectivity index (χ0n) is 27.3. The summed E-state index contributed by atoms with van der Waals surface area (Å²) in [7, 11) is 0. The monoisotopic (exact) mass is 672 g/mol. The van der Waals surface area contributed by atoms with Crippen LogP contribution in [0.5, 0.6) is 11.5 Å². The summed E-state index contributed by atoms with van der Waals surface area (Å²) in [4.78, 5) is 17.0. The molecule has 1 aliphatic rings. The zero-order valence-corrected chi connectivity index (χ0v) is 28.1. The summed E-state index contributed by atoms with van der Waals surface area (Å²) in [5.74, 6) is 3.52. The zero-order chi connectivity index (χ0) is 33.7. The first-order valence-electron chi connectivity index (χ1n) is 16.9. The molecule has 7 aromatic carbocycles. The number of aromatic nitrogens is 3. The Morgan fingerprint density at radius 3 is 1.65 bits per heavy atom. The Hall–Kier alpha value is -6.63. The van der Waals surface area contributed by atoms with Gasteiger partial charge in [-0.15, -0.1) is 11.3 Å². The number of fused-ring (bicyclic) bond motifs is 5. The van der Waals surface area contributed by atoms with Crippen molar-refractivity contribution < 1.29 is 4.74 Å². The molecule has 0 N–H and O–H groups in total. The second-order valence-electron chi connectivity index (χ2n) is 12.5. The van der Waals surface area contributed by atoms with E-state index in [9.17, 15) is 0 Å². The Morgan fingerprint density at radius 2 is 0.922 bits per heavy atom. The Balaban J connectivity index is 1.04. The van der Waals surface area contributed by atoms with Gasteiger partial charge >= 0.3 is 0 Å². The van der Waals surface area contributed by atoms with E-state index in [0.717, 1.165) is 56.4 Å². The van der Waals surface area contributed by atoms with E-state index in [1.165, 1.54) is 20.2 Å². The first-order chi connectivity index (χ1) is 25.2. The van der Waals surface area contributed by atoms with E-state index in [-0.39, 0.29) is 0 Å². The van der Waals surface area contributed by atoms with Gasteiger partial charge in [0.05, 0.1) is 11.4 Å². The van der Waals surface area contributed by atoms with Crippen LogP contribution in [0.1, 0.15) is 0 Å². The molecule has 0 spiro atoms. The van der Waals surface area contributed by atoms with Crippen LogP contribution in [0.3, 0.4) is 0 Å². The summed E-state index contributed by atoms with van der Waals surface area (Å²) >= 11 is 1.83. The molecule has 10 rings (SSSR count). The fourth-order valence-corrected chi connectivity index (χ4v) is 7.90. The number of ether oxygens (including phenoxy) is 1. The second-order valence-corrected chi connectivity index (χ2v) is 13.6. The molecule has 0 unspecified atom stereocenters. The summed E-state index contributed by atoms with van der Waals surface area (Å²) < 4.78 is 9.17. The van der Waals surface area contributed by atoms with Crippen molar-refractivity contribution in [3.05, 3.63) is 170 Å². The van der Waals surface area contributed by atoms with Crippen molar-refractivity contribution in [2.45, 2.75) is 0 Å². The molecule has 0 fully saturated rings. The molecule has 240 valence electrons. The van der Waals surface area contributed by atoms with Crippen LogP contribution in [-0.2, 0) is 0 Å². The number of nitrogens with zero attached hydrogens (tertiary/aromatic N) is 4. The molecule has 51 heavy (non-hydrogen) atoms. The van der Waals surface area contributed by atoms with Crippen LogP contribution in [0.15, 0.2) is 170 Å². The lowest BCUT2D eigenvalue weighted by atomic mass is 10.0. The van der Waals surface area contributed by atoms with E-state index in [0.29, 0.717) is 17.5 Å². The van der Waals surface area contributed by atoms with Crippen molar-refractivity contribution in [2.75, 3.05) is 4.90 Å². The van der Waals surface area contributed by atoms with E-state index in [2.05, 4.69) is 95.9 Å². The van der Waals surface area contributed by atoms with Crippen molar-refractivity contribution in [3.8, 4) is 56.8 Å². The first-order valence-corrected chi connectivity index (χ1v) is 17.7. The van der Waals surface area contributed by atoms with E-state index < -0.39 is 0 Å². The Bertz CT molecular complexity index is 2670. The molecule has 0 saturated carbocycles. The molecular formula is C45H28N4OS. The largest absolute Gasteiger partial charge is 0.453 e. The molecule has 0 atom stereocenters. The van der Waals surface area contributed by atoms with E-state index >= 15 is 0 Å². The van der Waals surface area contributed by atoms with Crippen LogP contribution in [0.2, 0.25) is 0 Å². The van der Waals surface area contributed by atoms with Crippen molar-refractivity contribution in [2.24, 2.45) is 0 Å². The predicted molar refractivity (Wildman–Crippen MR) is 209 cm³/mol. The van der Waals surface area contributed by atoms with Crippen LogP contribution >= 0.6 is 11.3 Å². The van der Waals surface area contributed by atoms with Gasteiger partial charge in [-0.2, -0.15) is 0 Å². The maximum atomic E-state index is 6.57. The third-order valence-electron chi connectivity index (χ3n) is 9.32. The van der Waals surface area contributed by atoms with Crippen LogP contribution in [-0.4, -0.2) is 15.0 Å². The van der Waals surface area contributed by atoms with Gasteiger partial charge in [0, 0.05) is 42.6 Å². The van der Waals surface area contributed by atoms with Gasteiger partial charge in [-0.3, -0.25) is 0 Å². The summed E-state index contributed by atoms with van der Waals surface area (Å²) in [5, 5.41) is 2.57. The molecule has 0 radical (unpaired) electrons. The highest BCUT2D eigenvalue weighted by atomic mass is 32.1. The topological polar surface area (TPSA) is 51.1 Å². The number of hydrogen-bond donors (Lipinski definition) is 0. The quantitative estimate of drug-likeness (QED) is 0.182. The van der Waals surface area contributed by atoms with Gasteiger partial charge in [-0.1, -0.05) is 103 Å². The maximum absolute atomic E-state index is 6.57. The lowest BCUT2D eigenvalue weighted by molar-refractivity contribution is 0.477. The molecule has 9 aromatic rings. The first kappa shape index (κ1) is 29.3. The number of anilines is 3. The van der Waals surface area contributed by atoms with Crippen LogP contribution in [0.25, 0.3) is 65.5 Å². The Labute approximate surface area is 298 Å². The highest BCUT2D eigenvalue weighted by molar-refractivity contribution is 7.25. The third kappa shape index (κ3) is 5.21.